The third-order valence-corrected chi connectivity index (χ3v) is 6.33. The highest BCUT2D eigenvalue weighted by molar-refractivity contribution is 9.10. The number of hydrogen-bond donors (Lipinski definition) is 1. The highest BCUT2D eigenvalue weighted by Gasteiger charge is 2.11. The van der Waals surface area contributed by atoms with E-state index in [2.05, 4.69) is 26.5 Å². The first kappa shape index (κ1) is 26.3. The van der Waals surface area contributed by atoms with E-state index in [0.29, 0.717) is 41.0 Å². The quantitative estimate of drug-likeness (QED) is 0.162. The molecule has 0 spiro atoms. The number of halogens is 2. The van der Waals surface area contributed by atoms with Gasteiger partial charge < -0.3 is 14.2 Å². The molecule has 0 bridgehead atoms. The van der Waals surface area contributed by atoms with Crippen molar-refractivity contribution in [2.45, 2.75) is 13.2 Å². The monoisotopic (exact) mass is 578 g/mol. The Balaban J connectivity index is 1.33. The topological polar surface area (TPSA) is 69.2 Å². The van der Waals surface area contributed by atoms with Crippen molar-refractivity contribution in [2.75, 3.05) is 7.11 Å². The fourth-order valence-corrected chi connectivity index (χ4v) is 4.08. The van der Waals surface area contributed by atoms with Gasteiger partial charge in [-0.1, -0.05) is 60.1 Å². The lowest BCUT2D eigenvalue weighted by Crippen LogP contribution is -2.17. The molecule has 0 saturated carbocycles. The summed E-state index contributed by atoms with van der Waals surface area (Å²) >= 11 is 9.70. The molecule has 4 aromatic rings. The van der Waals surface area contributed by atoms with Crippen LogP contribution in [0.5, 0.6) is 17.2 Å². The highest BCUT2D eigenvalue weighted by atomic mass is 79.9. The summed E-state index contributed by atoms with van der Waals surface area (Å²) in [7, 11) is 1.53. The Morgan fingerprint density at radius 2 is 1.62 bits per heavy atom. The van der Waals surface area contributed by atoms with E-state index in [1.54, 1.807) is 24.4 Å². The van der Waals surface area contributed by atoms with Crippen LogP contribution in [0.1, 0.15) is 27.0 Å². The number of nitrogens with one attached hydrogen (secondary N) is 1. The molecule has 0 unspecified atom stereocenters. The number of hydrazone groups is 1. The van der Waals surface area contributed by atoms with Gasteiger partial charge in [0.15, 0.2) is 11.5 Å². The number of rotatable bonds is 10. The van der Waals surface area contributed by atoms with E-state index in [9.17, 15) is 4.79 Å². The molecule has 4 rings (SSSR count). The van der Waals surface area contributed by atoms with Crippen molar-refractivity contribution in [1.82, 2.24) is 5.43 Å². The number of nitrogens with zero attached hydrogens (tertiary/aromatic N) is 1. The number of carbonyl (C=O) groups is 1. The first-order valence-corrected chi connectivity index (χ1v) is 12.5. The summed E-state index contributed by atoms with van der Waals surface area (Å²) < 4.78 is 17.9. The lowest BCUT2D eigenvalue weighted by atomic mass is 10.2. The second-order valence-corrected chi connectivity index (χ2v) is 9.17. The Bertz CT molecular complexity index is 1400. The Labute approximate surface area is 229 Å². The zero-order valence-electron chi connectivity index (χ0n) is 20.0. The zero-order valence-corrected chi connectivity index (χ0v) is 22.3. The molecule has 0 atom stereocenters. The number of ether oxygens (including phenoxy) is 3. The molecule has 37 heavy (non-hydrogen) atoms. The van der Waals surface area contributed by atoms with Crippen LogP contribution in [-0.2, 0) is 13.2 Å². The molecule has 0 fully saturated rings. The summed E-state index contributed by atoms with van der Waals surface area (Å²) in [5, 5.41) is 4.73. The van der Waals surface area contributed by atoms with Crippen LogP contribution in [0, 0.1) is 0 Å². The number of carbonyl (C=O) groups excluding carboxylic acids is 1. The fraction of sp³-hybridized carbons (Fsp3) is 0.103. The summed E-state index contributed by atoms with van der Waals surface area (Å²) in [5.74, 6) is 1.31. The van der Waals surface area contributed by atoms with E-state index in [-0.39, 0.29) is 5.91 Å². The molecule has 0 saturated heterocycles. The van der Waals surface area contributed by atoms with Crippen LogP contribution >= 0.6 is 27.5 Å². The van der Waals surface area contributed by atoms with Gasteiger partial charge in [0.2, 0.25) is 0 Å². The van der Waals surface area contributed by atoms with Crippen LogP contribution in [0.3, 0.4) is 0 Å². The molecule has 0 radical (unpaired) electrons. The van der Waals surface area contributed by atoms with Gasteiger partial charge >= 0.3 is 0 Å². The molecule has 0 heterocycles. The second-order valence-electron chi connectivity index (χ2n) is 7.91. The number of hydrogen-bond acceptors (Lipinski definition) is 5. The van der Waals surface area contributed by atoms with E-state index < -0.39 is 0 Å². The number of benzene rings is 4. The molecule has 1 N–H and O–H groups in total. The van der Waals surface area contributed by atoms with Crippen LogP contribution in [0.15, 0.2) is 101 Å². The van der Waals surface area contributed by atoms with Gasteiger partial charge in [-0.25, -0.2) is 5.43 Å². The third-order valence-electron chi connectivity index (χ3n) is 5.34. The van der Waals surface area contributed by atoms with Gasteiger partial charge in [0.25, 0.3) is 5.91 Å². The van der Waals surface area contributed by atoms with Gasteiger partial charge in [0.05, 0.1) is 17.8 Å². The summed E-state index contributed by atoms with van der Waals surface area (Å²) in [6.07, 6.45) is 1.55. The summed E-state index contributed by atoms with van der Waals surface area (Å²) in [4.78, 5) is 12.6. The maximum Gasteiger partial charge on any atom is 0.271 e. The lowest BCUT2D eigenvalue weighted by Gasteiger charge is -2.12. The molecule has 0 aliphatic rings. The van der Waals surface area contributed by atoms with Gasteiger partial charge in [0, 0.05) is 16.1 Å². The smallest absolute Gasteiger partial charge is 0.271 e. The van der Waals surface area contributed by atoms with Crippen LogP contribution in [-0.4, -0.2) is 19.2 Å². The van der Waals surface area contributed by atoms with Crippen molar-refractivity contribution in [3.05, 3.63) is 123 Å². The van der Waals surface area contributed by atoms with E-state index in [1.807, 2.05) is 72.8 Å². The van der Waals surface area contributed by atoms with Gasteiger partial charge in [-0.15, -0.1) is 0 Å². The fourth-order valence-electron chi connectivity index (χ4n) is 3.38. The molecule has 6 nitrogen and oxygen atoms in total. The van der Waals surface area contributed by atoms with Crippen molar-refractivity contribution in [1.29, 1.82) is 0 Å². The SMILES string of the molecule is COc1cc(C(=O)N/N=C/c2ccc(OCc3ccccc3Cl)c(Br)c2)ccc1OCc1ccccc1. The van der Waals surface area contributed by atoms with Gasteiger partial charge in [-0.2, -0.15) is 5.10 Å². The zero-order chi connectivity index (χ0) is 26.0. The lowest BCUT2D eigenvalue weighted by molar-refractivity contribution is 0.0954. The molecule has 0 aromatic heterocycles. The van der Waals surface area contributed by atoms with Gasteiger partial charge in [-0.3, -0.25) is 4.79 Å². The average molecular weight is 580 g/mol. The first-order valence-electron chi connectivity index (χ1n) is 11.4. The van der Waals surface area contributed by atoms with Crippen molar-refractivity contribution >= 4 is 39.7 Å². The summed E-state index contributed by atoms with van der Waals surface area (Å²) in [5.41, 5.74) is 5.64. The minimum Gasteiger partial charge on any atom is -0.493 e. The third kappa shape index (κ3) is 7.35. The predicted octanol–water partition coefficient (Wildman–Crippen LogP) is 7.03. The van der Waals surface area contributed by atoms with Gasteiger partial charge in [-0.05, 0) is 69.5 Å². The maximum absolute atomic E-state index is 12.6. The van der Waals surface area contributed by atoms with E-state index in [4.69, 9.17) is 25.8 Å². The second kappa shape index (κ2) is 12.9. The van der Waals surface area contributed by atoms with Crippen molar-refractivity contribution in [3.8, 4) is 17.2 Å². The van der Waals surface area contributed by atoms with Gasteiger partial charge in [0.1, 0.15) is 19.0 Å². The van der Waals surface area contributed by atoms with E-state index in [1.165, 1.54) is 7.11 Å². The van der Waals surface area contributed by atoms with E-state index in [0.717, 1.165) is 21.2 Å². The van der Waals surface area contributed by atoms with Crippen LogP contribution in [0.2, 0.25) is 5.02 Å². The van der Waals surface area contributed by atoms with Crippen molar-refractivity contribution < 1.29 is 19.0 Å². The summed E-state index contributed by atoms with van der Waals surface area (Å²) in [6.45, 7) is 0.744. The summed E-state index contributed by atoms with van der Waals surface area (Å²) in [6, 6.07) is 27.8. The Kier molecular flexibility index (Phi) is 9.18. The maximum atomic E-state index is 12.6. The molecule has 4 aromatic carbocycles. The molecular weight excluding hydrogens is 556 g/mol. The minimum atomic E-state index is -0.372. The Morgan fingerprint density at radius 3 is 2.38 bits per heavy atom. The van der Waals surface area contributed by atoms with Crippen LogP contribution in [0.25, 0.3) is 0 Å². The Hall–Kier alpha value is -3.81. The average Bonchev–Trinajstić information content (AvgIpc) is 2.92. The van der Waals surface area contributed by atoms with Crippen LogP contribution in [0.4, 0.5) is 0 Å². The molecule has 8 heteroatoms. The largest absolute Gasteiger partial charge is 0.493 e. The van der Waals surface area contributed by atoms with Crippen LogP contribution < -0.4 is 19.6 Å². The van der Waals surface area contributed by atoms with Crippen molar-refractivity contribution in [3.63, 3.8) is 0 Å². The molecule has 1 amide bonds. The number of methoxy groups -OCH3 is 1. The minimum absolute atomic E-state index is 0.349. The first-order chi connectivity index (χ1) is 18.0. The molecular formula is C29H24BrClN2O4. The predicted molar refractivity (Wildman–Crippen MR) is 149 cm³/mol. The highest BCUT2D eigenvalue weighted by Crippen LogP contribution is 2.29. The molecule has 0 aliphatic heterocycles. The molecule has 188 valence electrons. The normalized spacial score (nSPS) is 10.8. The Morgan fingerprint density at radius 1 is 0.892 bits per heavy atom. The number of amides is 1. The standard InChI is InChI=1S/C29H24BrClN2O4/c1-35-28-16-22(12-14-27(28)36-18-20-7-3-2-4-8-20)29(34)33-32-17-21-11-13-26(24(30)15-21)37-19-23-9-5-6-10-25(23)31/h2-17H,18-19H2,1H3,(H,33,34)/b32-17+. The molecule has 0 aliphatic carbocycles. The van der Waals surface area contributed by atoms with E-state index >= 15 is 0 Å². The van der Waals surface area contributed by atoms with Crippen molar-refractivity contribution in [2.24, 2.45) is 5.10 Å².